The second-order valence-corrected chi connectivity index (χ2v) is 11.1. The molecule has 1 saturated heterocycles. The second kappa shape index (κ2) is 7.52. The number of hydrogen-bond acceptors (Lipinski definition) is 2. The van der Waals surface area contributed by atoms with Gasteiger partial charge in [0, 0.05) is 29.7 Å². The number of rotatable bonds is 3. The van der Waals surface area contributed by atoms with Gasteiger partial charge < -0.3 is 15.0 Å². The van der Waals surface area contributed by atoms with E-state index < -0.39 is 0 Å². The lowest BCUT2D eigenvalue weighted by Gasteiger charge is -2.54. The van der Waals surface area contributed by atoms with Crippen molar-refractivity contribution in [2.24, 2.45) is 23.7 Å². The van der Waals surface area contributed by atoms with Gasteiger partial charge in [0.25, 0.3) is 0 Å². The number of ether oxygens (including phenoxy) is 1. The van der Waals surface area contributed by atoms with E-state index >= 15 is 0 Å². The summed E-state index contributed by atoms with van der Waals surface area (Å²) in [6.45, 7) is 5.33. The summed E-state index contributed by atoms with van der Waals surface area (Å²) in [6.07, 6.45) is 11.1. The summed E-state index contributed by atoms with van der Waals surface area (Å²) >= 11 is 6.66. The molecule has 4 aliphatic carbocycles. The number of halogens is 1. The molecule has 1 spiro atoms. The van der Waals surface area contributed by atoms with Gasteiger partial charge in [-0.15, -0.1) is 6.58 Å². The van der Waals surface area contributed by atoms with Crippen LogP contribution in [0.5, 0.6) is 0 Å². The Kier molecular flexibility index (Phi) is 4.88. The number of amides is 2. The van der Waals surface area contributed by atoms with Crippen LogP contribution in [0.15, 0.2) is 30.9 Å². The van der Waals surface area contributed by atoms with Gasteiger partial charge in [-0.3, -0.25) is 0 Å². The molecule has 2 heterocycles. The SMILES string of the molecule is C=CCC1OC2(CCN(C(=O)NC3C4CC5CC(C4)CC3C5)CC2)c2c(Cl)cccc21. The number of fused-ring (bicyclic) bond motifs is 2. The van der Waals surface area contributed by atoms with E-state index in [0.29, 0.717) is 31.0 Å². The molecule has 1 aromatic carbocycles. The summed E-state index contributed by atoms with van der Waals surface area (Å²) in [5.41, 5.74) is 1.96. The number of likely N-dealkylation sites (tertiary alicyclic amines) is 1. The summed E-state index contributed by atoms with van der Waals surface area (Å²) in [4.78, 5) is 15.2. The van der Waals surface area contributed by atoms with Crippen molar-refractivity contribution in [3.63, 3.8) is 0 Å². The fourth-order valence-corrected chi connectivity index (χ4v) is 8.20. The monoisotopic (exact) mass is 440 g/mol. The van der Waals surface area contributed by atoms with Crippen LogP contribution in [0.25, 0.3) is 0 Å². The molecule has 7 rings (SSSR count). The molecule has 1 aromatic rings. The summed E-state index contributed by atoms with van der Waals surface area (Å²) in [6, 6.07) is 6.63. The van der Waals surface area contributed by atoms with Crippen LogP contribution >= 0.6 is 11.6 Å². The molecule has 6 aliphatic rings. The molecule has 1 N–H and O–H groups in total. The first kappa shape index (κ1) is 20.1. The molecule has 1 atom stereocenters. The largest absolute Gasteiger partial charge is 0.362 e. The third-order valence-electron chi connectivity index (χ3n) is 8.97. The molecule has 5 heteroatoms. The molecule has 1 unspecified atom stereocenters. The Morgan fingerprint density at radius 1 is 1.16 bits per heavy atom. The Labute approximate surface area is 190 Å². The molecule has 31 heavy (non-hydrogen) atoms. The van der Waals surface area contributed by atoms with Crippen molar-refractivity contribution < 1.29 is 9.53 Å². The van der Waals surface area contributed by atoms with E-state index in [1.165, 1.54) is 37.7 Å². The van der Waals surface area contributed by atoms with Crippen molar-refractivity contribution in [2.45, 2.75) is 69.1 Å². The maximum Gasteiger partial charge on any atom is 0.317 e. The average Bonchev–Trinajstić information content (AvgIpc) is 3.05. The van der Waals surface area contributed by atoms with Gasteiger partial charge in [-0.05, 0) is 86.7 Å². The zero-order chi connectivity index (χ0) is 21.2. The minimum atomic E-state index is -0.374. The van der Waals surface area contributed by atoms with Crippen molar-refractivity contribution in [3.05, 3.63) is 47.0 Å². The third-order valence-corrected chi connectivity index (χ3v) is 9.29. The number of nitrogens with one attached hydrogen (secondary N) is 1. The highest BCUT2D eigenvalue weighted by Gasteiger charge is 2.50. The molecular formula is C26H33ClN2O2. The van der Waals surface area contributed by atoms with E-state index in [2.05, 4.69) is 18.0 Å². The van der Waals surface area contributed by atoms with E-state index in [0.717, 1.165) is 41.7 Å². The lowest BCUT2D eigenvalue weighted by molar-refractivity contribution is -0.104. The Bertz CT molecular complexity index is 863. The second-order valence-electron chi connectivity index (χ2n) is 10.7. The van der Waals surface area contributed by atoms with Gasteiger partial charge in [0.2, 0.25) is 0 Å². The summed E-state index contributed by atoms with van der Waals surface area (Å²) in [7, 11) is 0. The molecule has 4 saturated carbocycles. The topological polar surface area (TPSA) is 41.6 Å². The van der Waals surface area contributed by atoms with Crippen molar-refractivity contribution in [1.82, 2.24) is 10.2 Å². The van der Waals surface area contributed by atoms with Crippen molar-refractivity contribution in [2.75, 3.05) is 13.1 Å². The van der Waals surface area contributed by atoms with Crippen LogP contribution in [0.4, 0.5) is 4.79 Å². The molecule has 4 nitrogen and oxygen atoms in total. The molecule has 166 valence electrons. The summed E-state index contributed by atoms with van der Waals surface area (Å²) < 4.78 is 6.62. The first-order chi connectivity index (χ1) is 15.1. The minimum Gasteiger partial charge on any atom is -0.362 e. The highest BCUT2D eigenvalue weighted by Crippen LogP contribution is 2.54. The number of urea groups is 1. The zero-order valence-corrected chi connectivity index (χ0v) is 18.9. The number of carbonyl (C=O) groups excluding carboxylic acids is 1. The number of benzene rings is 1. The highest BCUT2D eigenvalue weighted by molar-refractivity contribution is 6.31. The van der Waals surface area contributed by atoms with Crippen LogP contribution in [0.2, 0.25) is 5.02 Å². The number of piperidine rings is 1. The molecule has 0 radical (unpaired) electrons. The predicted molar refractivity (Wildman–Crippen MR) is 122 cm³/mol. The zero-order valence-electron chi connectivity index (χ0n) is 18.2. The van der Waals surface area contributed by atoms with Crippen LogP contribution < -0.4 is 5.32 Å². The van der Waals surface area contributed by atoms with Crippen molar-refractivity contribution >= 4 is 17.6 Å². The first-order valence-corrected chi connectivity index (χ1v) is 12.6. The van der Waals surface area contributed by atoms with Gasteiger partial charge in [-0.25, -0.2) is 4.79 Å². The molecule has 2 aliphatic heterocycles. The van der Waals surface area contributed by atoms with Gasteiger partial charge >= 0.3 is 6.03 Å². The van der Waals surface area contributed by atoms with E-state index in [1.807, 2.05) is 23.1 Å². The number of hydrogen-bond donors (Lipinski definition) is 1. The fraction of sp³-hybridized carbons (Fsp3) is 0.654. The van der Waals surface area contributed by atoms with Crippen molar-refractivity contribution in [3.8, 4) is 0 Å². The van der Waals surface area contributed by atoms with Crippen LogP contribution in [0, 0.1) is 23.7 Å². The third kappa shape index (κ3) is 3.24. The standard InChI is InChI=1S/C26H33ClN2O2/c1-2-4-22-20-5-3-6-21(27)23(20)26(31-22)7-9-29(10-8-26)25(30)28-24-18-12-16-11-17(14-18)15-19(24)13-16/h2-3,5-6,16-19,22,24H,1,4,7-15H2,(H,28,30). The lowest BCUT2D eigenvalue weighted by Crippen LogP contribution is -2.59. The minimum absolute atomic E-state index is 0.0135. The van der Waals surface area contributed by atoms with Crippen LogP contribution in [0.1, 0.15) is 68.6 Å². The summed E-state index contributed by atoms with van der Waals surface area (Å²) in [5.74, 6) is 3.27. The Morgan fingerprint density at radius 3 is 2.48 bits per heavy atom. The quantitative estimate of drug-likeness (QED) is 0.602. The molecule has 5 fully saturated rings. The maximum absolute atomic E-state index is 13.2. The fourth-order valence-electron chi connectivity index (χ4n) is 7.84. The molecule has 4 bridgehead atoms. The van der Waals surface area contributed by atoms with Crippen LogP contribution in [0.3, 0.4) is 0 Å². The normalized spacial score (nSPS) is 37.1. The molecule has 2 amide bonds. The summed E-state index contributed by atoms with van der Waals surface area (Å²) in [5, 5.41) is 4.26. The van der Waals surface area contributed by atoms with E-state index in [4.69, 9.17) is 16.3 Å². The molecular weight excluding hydrogens is 408 g/mol. The average molecular weight is 441 g/mol. The Balaban J connectivity index is 1.14. The van der Waals surface area contributed by atoms with E-state index in [9.17, 15) is 4.79 Å². The molecule has 0 aromatic heterocycles. The van der Waals surface area contributed by atoms with Gasteiger partial charge in [0.05, 0.1) is 11.7 Å². The van der Waals surface area contributed by atoms with Crippen molar-refractivity contribution in [1.29, 1.82) is 0 Å². The Hall–Kier alpha value is -1.52. The van der Waals surface area contributed by atoms with Gasteiger partial charge in [-0.2, -0.15) is 0 Å². The van der Waals surface area contributed by atoms with E-state index in [1.54, 1.807) is 0 Å². The highest BCUT2D eigenvalue weighted by atomic mass is 35.5. The smallest absolute Gasteiger partial charge is 0.317 e. The maximum atomic E-state index is 13.2. The number of carbonyl (C=O) groups is 1. The van der Waals surface area contributed by atoms with Gasteiger partial charge in [0.1, 0.15) is 0 Å². The van der Waals surface area contributed by atoms with Crippen LogP contribution in [-0.2, 0) is 10.3 Å². The van der Waals surface area contributed by atoms with Gasteiger partial charge in [-0.1, -0.05) is 29.8 Å². The predicted octanol–water partition coefficient (Wildman–Crippen LogP) is 5.81. The lowest BCUT2D eigenvalue weighted by atomic mass is 9.54. The van der Waals surface area contributed by atoms with Crippen LogP contribution in [-0.4, -0.2) is 30.1 Å². The Morgan fingerprint density at radius 2 is 1.84 bits per heavy atom. The number of nitrogens with zero attached hydrogens (tertiary/aromatic N) is 1. The van der Waals surface area contributed by atoms with Gasteiger partial charge in [0.15, 0.2) is 0 Å². The van der Waals surface area contributed by atoms with E-state index in [-0.39, 0.29) is 17.7 Å². The first-order valence-electron chi connectivity index (χ1n) is 12.2.